The van der Waals surface area contributed by atoms with Gasteiger partial charge in [0, 0.05) is 6.04 Å². The summed E-state index contributed by atoms with van der Waals surface area (Å²) < 4.78 is 5.48. The van der Waals surface area contributed by atoms with E-state index in [0.29, 0.717) is 11.6 Å². The molecule has 1 unspecified atom stereocenters. The topological polar surface area (TPSA) is 35.2 Å². The molecule has 0 fully saturated rings. The maximum Gasteiger partial charge on any atom is 0.137 e. The minimum Gasteiger partial charge on any atom is -0.492 e. The largest absolute Gasteiger partial charge is 0.492 e. The van der Waals surface area contributed by atoms with Crippen molar-refractivity contribution in [3.63, 3.8) is 0 Å². The molecule has 0 saturated carbocycles. The van der Waals surface area contributed by atoms with E-state index < -0.39 is 0 Å². The van der Waals surface area contributed by atoms with Gasteiger partial charge in [-0.15, -0.1) is 12.4 Å². The predicted molar refractivity (Wildman–Crippen MR) is 71.8 cm³/mol. The standard InChI is InChI=1S/C12H18ClNO.ClH/c1-3-6-15-12-5-4-10(7-9(2)14)8-11(12)13;/h4-5,8-9H,3,6-7,14H2,1-2H3;1H. The smallest absolute Gasteiger partial charge is 0.137 e. The van der Waals surface area contributed by atoms with Crippen LogP contribution in [0.4, 0.5) is 0 Å². The second-order valence-electron chi connectivity index (χ2n) is 3.79. The third-order valence-electron chi connectivity index (χ3n) is 2.02. The number of nitrogens with two attached hydrogens (primary N) is 1. The Morgan fingerprint density at radius 3 is 2.62 bits per heavy atom. The quantitative estimate of drug-likeness (QED) is 0.884. The van der Waals surface area contributed by atoms with Crippen molar-refractivity contribution in [3.8, 4) is 5.75 Å². The van der Waals surface area contributed by atoms with Crippen LogP contribution < -0.4 is 10.5 Å². The molecule has 0 heterocycles. The maximum atomic E-state index is 6.08. The van der Waals surface area contributed by atoms with Crippen LogP contribution in [0.25, 0.3) is 0 Å². The Morgan fingerprint density at radius 2 is 2.12 bits per heavy atom. The van der Waals surface area contributed by atoms with Gasteiger partial charge in [0.15, 0.2) is 0 Å². The van der Waals surface area contributed by atoms with E-state index in [-0.39, 0.29) is 18.4 Å². The number of hydrogen-bond acceptors (Lipinski definition) is 2. The second kappa shape index (κ2) is 7.77. The minimum absolute atomic E-state index is 0. The number of halogens is 2. The van der Waals surface area contributed by atoms with Crippen LogP contribution in [0, 0.1) is 0 Å². The van der Waals surface area contributed by atoms with Crippen LogP contribution in [0.1, 0.15) is 25.8 Å². The SMILES string of the molecule is CCCOc1ccc(CC(C)N)cc1Cl.Cl. The molecule has 1 atom stereocenters. The second-order valence-corrected chi connectivity index (χ2v) is 4.20. The van der Waals surface area contributed by atoms with E-state index in [4.69, 9.17) is 22.1 Å². The zero-order valence-corrected chi connectivity index (χ0v) is 11.3. The molecule has 16 heavy (non-hydrogen) atoms. The van der Waals surface area contributed by atoms with Gasteiger partial charge >= 0.3 is 0 Å². The fraction of sp³-hybridized carbons (Fsp3) is 0.500. The highest BCUT2D eigenvalue weighted by molar-refractivity contribution is 6.32. The summed E-state index contributed by atoms with van der Waals surface area (Å²) in [7, 11) is 0. The maximum absolute atomic E-state index is 6.08. The molecule has 1 rings (SSSR count). The molecule has 0 spiro atoms. The highest BCUT2D eigenvalue weighted by atomic mass is 35.5. The van der Waals surface area contributed by atoms with Crippen molar-refractivity contribution >= 4 is 24.0 Å². The number of rotatable bonds is 5. The molecule has 0 bridgehead atoms. The molecule has 0 amide bonds. The molecule has 1 aromatic carbocycles. The van der Waals surface area contributed by atoms with Crippen molar-refractivity contribution in [2.45, 2.75) is 32.7 Å². The van der Waals surface area contributed by atoms with Crippen LogP contribution in [-0.4, -0.2) is 12.6 Å². The van der Waals surface area contributed by atoms with Gasteiger partial charge in [-0.2, -0.15) is 0 Å². The Hall–Kier alpha value is -0.440. The zero-order chi connectivity index (χ0) is 11.3. The van der Waals surface area contributed by atoms with E-state index in [9.17, 15) is 0 Å². The molecule has 0 radical (unpaired) electrons. The molecule has 0 aliphatic carbocycles. The Morgan fingerprint density at radius 1 is 1.44 bits per heavy atom. The summed E-state index contributed by atoms with van der Waals surface area (Å²) in [5.74, 6) is 0.756. The first kappa shape index (κ1) is 15.6. The molecule has 1 aromatic rings. The highest BCUT2D eigenvalue weighted by Crippen LogP contribution is 2.25. The molecule has 92 valence electrons. The van der Waals surface area contributed by atoms with Crippen LogP contribution in [0.2, 0.25) is 5.02 Å². The first-order chi connectivity index (χ1) is 7.13. The third-order valence-corrected chi connectivity index (χ3v) is 2.31. The molecule has 0 aromatic heterocycles. The van der Waals surface area contributed by atoms with Gasteiger partial charge in [-0.3, -0.25) is 0 Å². The molecule has 4 heteroatoms. The van der Waals surface area contributed by atoms with E-state index in [2.05, 4.69) is 6.92 Å². The molecular formula is C12H19Cl2NO. The monoisotopic (exact) mass is 263 g/mol. The molecule has 0 aliphatic heterocycles. The van der Waals surface area contributed by atoms with E-state index in [1.807, 2.05) is 25.1 Å². The Kier molecular flexibility index (Phi) is 7.56. The summed E-state index contributed by atoms with van der Waals surface area (Å²) >= 11 is 6.08. The van der Waals surface area contributed by atoms with Crippen molar-refractivity contribution < 1.29 is 4.74 Å². The molecule has 2 nitrogen and oxygen atoms in total. The highest BCUT2D eigenvalue weighted by Gasteiger charge is 2.04. The number of ether oxygens (including phenoxy) is 1. The fourth-order valence-corrected chi connectivity index (χ4v) is 1.63. The lowest BCUT2D eigenvalue weighted by Gasteiger charge is -2.09. The van der Waals surface area contributed by atoms with Gasteiger partial charge in [0.05, 0.1) is 11.6 Å². The molecule has 0 saturated heterocycles. The van der Waals surface area contributed by atoms with Crippen molar-refractivity contribution in [1.82, 2.24) is 0 Å². The summed E-state index contributed by atoms with van der Waals surface area (Å²) in [4.78, 5) is 0. The zero-order valence-electron chi connectivity index (χ0n) is 9.70. The summed E-state index contributed by atoms with van der Waals surface area (Å²) in [6, 6.07) is 6.01. The average Bonchev–Trinajstić information content (AvgIpc) is 2.15. The Balaban J connectivity index is 0.00000225. The number of hydrogen-bond donors (Lipinski definition) is 1. The summed E-state index contributed by atoms with van der Waals surface area (Å²) in [6.07, 6.45) is 1.83. The first-order valence-corrected chi connectivity index (χ1v) is 5.68. The van der Waals surface area contributed by atoms with Gasteiger partial charge in [-0.25, -0.2) is 0 Å². The minimum atomic E-state index is 0. The van der Waals surface area contributed by atoms with Gasteiger partial charge in [0.25, 0.3) is 0 Å². The third kappa shape index (κ3) is 5.06. The van der Waals surface area contributed by atoms with Gasteiger partial charge in [-0.05, 0) is 37.5 Å². The average molecular weight is 264 g/mol. The van der Waals surface area contributed by atoms with E-state index >= 15 is 0 Å². The summed E-state index contributed by atoms with van der Waals surface area (Å²) in [5, 5.41) is 0.668. The van der Waals surface area contributed by atoms with Crippen LogP contribution in [0.5, 0.6) is 5.75 Å². The lowest BCUT2D eigenvalue weighted by atomic mass is 10.1. The van der Waals surface area contributed by atoms with Crippen molar-refractivity contribution in [2.75, 3.05) is 6.61 Å². The van der Waals surface area contributed by atoms with Crippen LogP contribution in [0.3, 0.4) is 0 Å². The lowest BCUT2D eigenvalue weighted by Crippen LogP contribution is -2.17. The fourth-order valence-electron chi connectivity index (χ4n) is 1.37. The van der Waals surface area contributed by atoms with Crippen molar-refractivity contribution in [1.29, 1.82) is 0 Å². The van der Waals surface area contributed by atoms with Gasteiger partial charge < -0.3 is 10.5 Å². The normalized spacial score (nSPS) is 11.8. The van der Waals surface area contributed by atoms with Crippen LogP contribution in [-0.2, 0) is 6.42 Å². The summed E-state index contributed by atoms with van der Waals surface area (Å²) in [6.45, 7) is 4.75. The Labute approximate surface area is 109 Å². The van der Waals surface area contributed by atoms with Gasteiger partial charge in [0.2, 0.25) is 0 Å². The van der Waals surface area contributed by atoms with E-state index in [1.54, 1.807) is 0 Å². The Bertz CT molecular complexity index is 316. The van der Waals surface area contributed by atoms with Crippen LogP contribution >= 0.6 is 24.0 Å². The van der Waals surface area contributed by atoms with Crippen LogP contribution in [0.15, 0.2) is 18.2 Å². The number of benzene rings is 1. The van der Waals surface area contributed by atoms with Gasteiger partial charge in [0.1, 0.15) is 5.75 Å². The summed E-state index contributed by atoms with van der Waals surface area (Å²) in [5.41, 5.74) is 6.87. The van der Waals surface area contributed by atoms with E-state index in [0.717, 1.165) is 24.2 Å². The first-order valence-electron chi connectivity index (χ1n) is 5.30. The van der Waals surface area contributed by atoms with Crippen molar-refractivity contribution in [2.24, 2.45) is 5.73 Å². The molecular weight excluding hydrogens is 245 g/mol. The van der Waals surface area contributed by atoms with Crippen molar-refractivity contribution in [3.05, 3.63) is 28.8 Å². The van der Waals surface area contributed by atoms with E-state index in [1.165, 1.54) is 0 Å². The van der Waals surface area contributed by atoms with Gasteiger partial charge in [-0.1, -0.05) is 24.6 Å². The molecule has 0 aliphatic rings. The predicted octanol–water partition coefficient (Wildman–Crippen LogP) is 3.44. The molecule has 2 N–H and O–H groups in total. The lowest BCUT2D eigenvalue weighted by molar-refractivity contribution is 0.317.